The maximum Gasteiger partial charge on any atom is 0.155 e. The van der Waals surface area contributed by atoms with Crippen molar-refractivity contribution in [1.82, 2.24) is 0 Å². The number of hydrogen-bond acceptors (Lipinski definition) is 1. The van der Waals surface area contributed by atoms with Gasteiger partial charge in [-0.2, -0.15) is 0 Å². The van der Waals surface area contributed by atoms with Gasteiger partial charge in [-0.15, -0.1) is 0 Å². The van der Waals surface area contributed by atoms with E-state index in [1.54, 1.807) is 5.57 Å². The van der Waals surface area contributed by atoms with Crippen molar-refractivity contribution in [3.05, 3.63) is 23.3 Å². The van der Waals surface area contributed by atoms with Gasteiger partial charge in [-0.25, -0.2) is 0 Å². The Bertz CT molecular complexity index is 526. The highest BCUT2D eigenvalue weighted by atomic mass is 16.1. The second kappa shape index (κ2) is 4.08. The largest absolute Gasteiger partial charge is 0.295 e. The highest BCUT2D eigenvalue weighted by molar-refractivity contribution is 5.91. The van der Waals surface area contributed by atoms with Gasteiger partial charge in [0.05, 0.1) is 0 Å². The zero-order valence-electron chi connectivity index (χ0n) is 12.9. The quantitative estimate of drug-likeness (QED) is 0.576. The first-order chi connectivity index (χ1) is 9.53. The Morgan fingerprint density at radius 1 is 1.10 bits per heavy atom. The van der Waals surface area contributed by atoms with Gasteiger partial charge in [0, 0.05) is 6.42 Å². The van der Waals surface area contributed by atoms with Gasteiger partial charge < -0.3 is 0 Å². The molecule has 0 amide bonds. The first-order valence-electron chi connectivity index (χ1n) is 8.47. The van der Waals surface area contributed by atoms with Gasteiger partial charge in [0.15, 0.2) is 5.78 Å². The zero-order chi connectivity index (χ0) is 14.0. The third-order valence-corrected chi connectivity index (χ3v) is 7.15. The molecule has 0 aromatic heterocycles. The SMILES string of the molecule is C[C@@]12CCC=C1[C@@H]1CCC3=CC(=O)CC[C@]3(C)[C@@H]1CC2. The lowest BCUT2D eigenvalue weighted by molar-refractivity contribution is -0.116. The van der Waals surface area contributed by atoms with E-state index in [4.69, 9.17) is 0 Å². The van der Waals surface area contributed by atoms with Crippen LogP contribution in [-0.2, 0) is 4.79 Å². The Balaban J connectivity index is 1.73. The van der Waals surface area contributed by atoms with Crippen molar-refractivity contribution in [2.24, 2.45) is 22.7 Å². The van der Waals surface area contributed by atoms with Gasteiger partial charge in [0.2, 0.25) is 0 Å². The molecule has 4 aliphatic carbocycles. The average Bonchev–Trinajstić information content (AvgIpc) is 2.81. The van der Waals surface area contributed by atoms with Crippen molar-refractivity contribution in [3.63, 3.8) is 0 Å². The second-order valence-electron chi connectivity index (χ2n) is 8.10. The summed E-state index contributed by atoms with van der Waals surface area (Å²) in [5.41, 5.74) is 4.12. The minimum atomic E-state index is 0.321. The molecule has 0 radical (unpaired) electrons. The molecule has 0 heterocycles. The van der Waals surface area contributed by atoms with Crippen molar-refractivity contribution in [3.8, 4) is 0 Å². The maximum atomic E-state index is 11.8. The summed E-state index contributed by atoms with van der Waals surface area (Å²) in [6.45, 7) is 4.96. The highest BCUT2D eigenvalue weighted by Gasteiger charge is 2.53. The number of carbonyl (C=O) groups excluding carboxylic acids is 1. The fraction of sp³-hybridized carbons (Fsp3) is 0.737. The van der Waals surface area contributed by atoms with E-state index in [0.29, 0.717) is 16.6 Å². The molecule has 0 N–H and O–H groups in total. The van der Waals surface area contributed by atoms with Crippen LogP contribution in [0.1, 0.15) is 65.2 Å². The number of allylic oxidation sites excluding steroid dienone is 4. The number of fused-ring (bicyclic) bond motifs is 5. The van der Waals surface area contributed by atoms with Gasteiger partial charge in [-0.1, -0.05) is 31.1 Å². The van der Waals surface area contributed by atoms with Crippen LogP contribution in [0.25, 0.3) is 0 Å². The number of ketones is 1. The molecule has 4 aliphatic rings. The molecule has 20 heavy (non-hydrogen) atoms. The summed E-state index contributed by atoms with van der Waals surface area (Å²) in [6.07, 6.45) is 14.3. The molecule has 0 unspecified atom stereocenters. The molecular weight excluding hydrogens is 244 g/mol. The van der Waals surface area contributed by atoms with Crippen LogP contribution in [0.15, 0.2) is 23.3 Å². The van der Waals surface area contributed by atoms with Crippen molar-refractivity contribution < 1.29 is 4.79 Å². The van der Waals surface area contributed by atoms with Crippen LogP contribution in [0.5, 0.6) is 0 Å². The molecule has 0 spiro atoms. The fourth-order valence-corrected chi connectivity index (χ4v) is 5.88. The number of carbonyl (C=O) groups is 1. The molecule has 4 atom stereocenters. The molecule has 1 nitrogen and oxygen atoms in total. The summed E-state index contributed by atoms with van der Waals surface area (Å²) in [7, 11) is 0. The Labute approximate surface area is 122 Å². The Hall–Kier alpha value is -0.850. The first kappa shape index (κ1) is 12.9. The monoisotopic (exact) mass is 270 g/mol. The van der Waals surface area contributed by atoms with Crippen molar-refractivity contribution >= 4 is 5.78 Å². The molecule has 4 rings (SSSR count). The van der Waals surface area contributed by atoms with Crippen LogP contribution in [0.3, 0.4) is 0 Å². The van der Waals surface area contributed by atoms with Crippen LogP contribution < -0.4 is 0 Å². The summed E-state index contributed by atoms with van der Waals surface area (Å²) in [6, 6.07) is 0. The third-order valence-electron chi connectivity index (χ3n) is 7.15. The van der Waals surface area contributed by atoms with Crippen molar-refractivity contribution in [2.45, 2.75) is 65.2 Å². The minimum Gasteiger partial charge on any atom is -0.295 e. The summed E-state index contributed by atoms with van der Waals surface area (Å²) >= 11 is 0. The second-order valence-corrected chi connectivity index (χ2v) is 8.10. The Kier molecular flexibility index (Phi) is 2.63. The van der Waals surface area contributed by atoms with E-state index in [0.717, 1.165) is 31.1 Å². The van der Waals surface area contributed by atoms with E-state index < -0.39 is 0 Å². The normalized spacial score (nSPS) is 47.0. The topological polar surface area (TPSA) is 17.1 Å². The molecular formula is C19H26O. The van der Waals surface area contributed by atoms with E-state index in [9.17, 15) is 4.79 Å². The van der Waals surface area contributed by atoms with E-state index in [2.05, 4.69) is 19.9 Å². The number of rotatable bonds is 0. The third kappa shape index (κ3) is 1.58. The average molecular weight is 270 g/mol. The lowest BCUT2D eigenvalue weighted by Crippen LogP contribution is -2.46. The maximum absolute atomic E-state index is 11.8. The molecule has 0 aliphatic heterocycles. The lowest BCUT2D eigenvalue weighted by atomic mass is 9.49. The van der Waals surface area contributed by atoms with Crippen LogP contribution in [0, 0.1) is 22.7 Å². The smallest absolute Gasteiger partial charge is 0.155 e. The van der Waals surface area contributed by atoms with Crippen LogP contribution in [0.2, 0.25) is 0 Å². The van der Waals surface area contributed by atoms with Gasteiger partial charge in [0.25, 0.3) is 0 Å². The lowest BCUT2D eigenvalue weighted by Gasteiger charge is -2.55. The molecule has 2 saturated carbocycles. The molecule has 0 bridgehead atoms. The molecule has 0 aromatic carbocycles. The van der Waals surface area contributed by atoms with Crippen LogP contribution in [-0.4, -0.2) is 5.78 Å². The summed E-state index contributed by atoms with van der Waals surface area (Å²) in [5, 5.41) is 0. The van der Waals surface area contributed by atoms with Gasteiger partial charge in [-0.3, -0.25) is 4.79 Å². The van der Waals surface area contributed by atoms with E-state index in [1.807, 2.05) is 6.08 Å². The predicted molar refractivity (Wildman–Crippen MR) is 81.3 cm³/mol. The molecule has 0 saturated heterocycles. The van der Waals surface area contributed by atoms with Gasteiger partial charge in [-0.05, 0) is 73.7 Å². The van der Waals surface area contributed by atoms with Crippen molar-refractivity contribution in [1.29, 1.82) is 0 Å². The van der Waals surface area contributed by atoms with Gasteiger partial charge in [0.1, 0.15) is 0 Å². The standard InChI is InChI=1S/C19H26O/c1-18-9-3-4-16(18)15-6-5-13-12-14(20)7-11-19(13,2)17(15)8-10-18/h4,12,15,17H,3,5-11H2,1-2H3/t15-,17+,18-,19-/m0/s1. The molecule has 108 valence electrons. The fourth-order valence-electron chi connectivity index (χ4n) is 5.88. The Morgan fingerprint density at radius 2 is 1.95 bits per heavy atom. The summed E-state index contributed by atoms with van der Waals surface area (Å²) in [4.78, 5) is 11.8. The first-order valence-corrected chi connectivity index (χ1v) is 8.47. The van der Waals surface area contributed by atoms with Crippen molar-refractivity contribution in [2.75, 3.05) is 0 Å². The predicted octanol–water partition coefficient (Wildman–Crippen LogP) is 4.83. The summed E-state index contributed by atoms with van der Waals surface area (Å²) < 4.78 is 0. The van der Waals surface area contributed by atoms with E-state index >= 15 is 0 Å². The highest BCUT2D eigenvalue weighted by Crippen LogP contribution is 2.63. The van der Waals surface area contributed by atoms with Gasteiger partial charge >= 0.3 is 0 Å². The zero-order valence-corrected chi connectivity index (χ0v) is 12.9. The van der Waals surface area contributed by atoms with E-state index in [-0.39, 0.29) is 0 Å². The minimum absolute atomic E-state index is 0.321. The van der Waals surface area contributed by atoms with Crippen LogP contribution in [0.4, 0.5) is 0 Å². The molecule has 0 aromatic rings. The number of hydrogen-bond donors (Lipinski definition) is 0. The van der Waals surface area contributed by atoms with E-state index in [1.165, 1.54) is 37.7 Å². The molecule has 2 fully saturated rings. The Morgan fingerprint density at radius 3 is 2.80 bits per heavy atom. The van der Waals surface area contributed by atoms with Crippen LogP contribution >= 0.6 is 0 Å². The summed E-state index contributed by atoms with van der Waals surface area (Å²) in [5.74, 6) is 1.98. The molecule has 1 heteroatoms.